The molecule has 0 aliphatic carbocycles. The van der Waals surface area contributed by atoms with E-state index < -0.39 is 0 Å². The van der Waals surface area contributed by atoms with Gasteiger partial charge in [0.2, 0.25) is 0 Å². The van der Waals surface area contributed by atoms with Gasteiger partial charge in [0, 0.05) is 0 Å². The molecular formula is C15H18INS. The smallest absolute Gasteiger partial charge is 0.0656 e. The fourth-order valence-corrected chi connectivity index (χ4v) is 3.28. The van der Waals surface area contributed by atoms with Crippen molar-refractivity contribution in [1.82, 2.24) is 0 Å². The van der Waals surface area contributed by atoms with Gasteiger partial charge in [-0.2, -0.15) is 0 Å². The predicted octanol–water partition coefficient (Wildman–Crippen LogP) is 4.70. The summed E-state index contributed by atoms with van der Waals surface area (Å²) in [5.41, 5.74) is 10.2. The highest BCUT2D eigenvalue weighted by molar-refractivity contribution is 14.1. The summed E-state index contributed by atoms with van der Waals surface area (Å²) < 4.78 is 1.28. The molecule has 0 saturated carbocycles. The lowest BCUT2D eigenvalue weighted by Gasteiger charge is -2.20. The van der Waals surface area contributed by atoms with E-state index in [-0.39, 0.29) is 11.5 Å². The van der Waals surface area contributed by atoms with Gasteiger partial charge in [0.15, 0.2) is 0 Å². The second-order valence-electron chi connectivity index (χ2n) is 5.53. The van der Waals surface area contributed by atoms with Crippen molar-refractivity contribution in [1.29, 1.82) is 0 Å². The summed E-state index contributed by atoms with van der Waals surface area (Å²) in [5.74, 6) is 0. The summed E-state index contributed by atoms with van der Waals surface area (Å²) >= 11 is 4.07. The number of thiophene rings is 1. The molecule has 0 bridgehead atoms. The molecule has 0 aliphatic rings. The molecule has 1 nitrogen and oxygen atoms in total. The predicted molar refractivity (Wildman–Crippen MR) is 88.2 cm³/mol. The lowest BCUT2D eigenvalue weighted by Crippen LogP contribution is -2.13. The first-order chi connectivity index (χ1) is 8.38. The lowest BCUT2D eigenvalue weighted by molar-refractivity contribution is 0.589. The van der Waals surface area contributed by atoms with Gasteiger partial charge in [-0.15, -0.1) is 11.3 Å². The minimum absolute atomic E-state index is 0.0150. The van der Waals surface area contributed by atoms with Gasteiger partial charge in [0.25, 0.3) is 0 Å². The molecule has 0 aliphatic heterocycles. The average molecular weight is 371 g/mol. The van der Waals surface area contributed by atoms with Crippen molar-refractivity contribution in [2.45, 2.75) is 32.2 Å². The van der Waals surface area contributed by atoms with Crippen molar-refractivity contribution < 1.29 is 0 Å². The van der Waals surface area contributed by atoms with Crippen molar-refractivity contribution in [2.75, 3.05) is 0 Å². The standard InChI is InChI=1S/C15H18INS/c1-15(2,3)12-6-4-10(5-7-12)14(17)11-8-13(16)18-9-11/h4-9,14H,17H2,1-3H3. The van der Waals surface area contributed by atoms with E-state index in [1.54, 1.807) is 11.3 Å². The van der Waals surface area contributed by atoms with Gasteiger partial charge in [-0.1, -0.05) is 45.0 Å². The van der Waals surface area contributed by atoms with E-state index in [9.17, 15) is 0 Å². The van der Waals surface area contributed by atoms with Crippen LogP contribution in [0.4, 0.5) is 0 Å². The number of benzene rings is 1. The third kappa shape index (κ3) is 3.13. The molecule has 2 rings (SSSR count). The highest BCUT2D eigenvalue weighted by Crippen LogP contribution is 2.28. The Labute approximate surface area is 127 Å². The molecule has 3 heteroatoms. The van der Waals surface area contributed by atoms with Gasteiger partial charge in [-0.3, -0.25) is 0 Å². The molecule has 0 spiro atoms. The molecule has 0 radical (unpaired) electrons. The summed E-state index contributed by atoms with van der Waals surface area (Å²) in [5, 5.41) is 2.14. The minimum atomic E-state index is -0.0150. The Balaban J connectivity index is 2.24. The topological polar surface area (TPSA) is 26.0 Å². The molecular weight excluding hydrogens is 353 g/mol. The quantitative estimate of drug-likeness (QED) is 0.761. The van der Waals surface area contributed by atoms with E-state index in [1.807, 2.05) is 0 Å². The Morgan fingerprint density at radius 2 is 1.72 bits per heavy atom. The van der Waals surface area contributed by atoms with E-state index in [0.29, 0.717) is 0 Å². The zero-order chi connectivity index (χ0) is 13.3. The van der Waals surface area contributed by atoms with Gasteiger partial charge in [-0.05, 0) is 56.1 Å². The SMILES string of the molecule is CC(C)(C)c1ccc(C(N)c2csc(I)c2)cc1. The Morgan fingerprint density at radius 3 is 2.17 bits per heavy atom. The highest BCUT2D eigenvalue weighted by atomic mass is 127. The van der Waals surface area contributed by atoms with Gasteiger partial charge in [-0.25, -0.2) is 0 Å². The minimum Gasteiger partial charge on any atom is -0.320 e. The van der Waals surface area contributed by atoms with E-state index in [2.05, 4.69) is 79.1 Å². The summed E-state index contributed by atoms with van der Waals surface area (Å²) in [6.45, 7) is 6.68. The van der Waals surface area contributed by atoms with Gasteiger partial charge >= 0.3 is 0 Å². The molecule has 0 fully saturated rings. The number of hydrogen-bond acceptors (Lipinski definition) is 2. The molecule has 1 aromatic carbocycles. The molecule has 2 N–H and O–H groups in total. The van der Waals surface area contributed by atoms with Crippen molar-refractivity contribution >= 4 is 33.9 Å². The van der Waals surface area contributed by atoms with Gasteiger partial charge in [0.05, 0.1) is 8.93 Å². The van der Waals surface area contributed by atoms with Crippen molar-refractivity contribution in [3.05, 3.63) is 55.3 Å². The lowest BCUT2D eigenvalue weighted by atomic mass is 9.86. The maximum Gasteiger partial charge on any atom is 0.0656 e. The van der Waals surface area contributed by atoms with Crippen LogP contribution < -0.4 is 5.73 Å². The Bertz CT molecular complexity index is 522. The van der Waals surface area contributed by atoms with E-state index in [0.717, 1.165) is 0 Å². The van der Waals surface area contributed by atoms with Crippen LogP contribution in [0.1, 0.15) is 43.5 Å². The highest BCUT2D eigenvalue weighted by Gasteiger charge is 2.15. The zero-order valence-corrected chi connectivity index (χ0v) is 13.9. The summed E-state index contributed by atoms with van der Waals surface area (Å²) in [6.07, 6.45) is 0. The molecule has 0 saturated heterocycles. The Morgan fingerprint density at radius 1 is 1.11 bits per heavy atom. The molecule has 2 aromatic rings. The van der Waals surface area contributed by atoms with Crippen LogP contribution in [0, 0.1) is 2.88 Å². The third-order valence-electron chi connectivity index (χ3n) is 3.08. The molecule has 1 heterocycles. The summed E-state index contributed by atoms with van der Waals surface area (Å²) in [7, 11) is 0. The van der Waals surface area contributed by atoms with Crippen molar-refractivity contribution in [3.63, 3.8) is 0 Å². The first kappa shape index (κ1) is 14.0. The monoisotopic (exact) mass is 371 g/mol. The van der Waals surface area contributed by atoms with Crippen molar-refractivity contribution in [3.8, 4) is 0 Å². The van der Waals surface area contributed by atoms with E-state index in [1.165, 1.54) is 19.6 Å². The van der Waals surface area contributed by atoms with Gasteiger partial charge < -0.3 is 5.73 Å². The largest absolute Gasteiger partial charge is 0.320 e. The van der Waals surface area contributed by atoms with Gasteiger partial charge in [0.1, 0.15) is 0 Å². The maximum atomic E-state index is 6.29. The first-order valence-corrected chi connectivity index (χ1v) is 7.94. The maximum absolute atomic E-state index is 6.29. The third-order valence-corrected chi connectivity index (χ3v) is 4.89. The average Bonchev–Trinajstić information content (AvgIpc) is 2.74. The van der Waals surface area contributed by atoms with E-state index >= 15 is 0 Å². The van der Waals surface area contributed by atoms with Crippen LogP contribution in [-0.4, -0.2) is 0 Å². The molecule has 96 valence electrons. The Kier molecular flexibility index (Phi) is 4.14. The Hall–Kier alpha value is -0.390. The molecule has 18 heavy (non-hydrogen) atoms. The fraction of sp³-hybridized carbons (Fsp3) is 0.333. The van der Waals surface area contributed by atoms with Crippen LogP contribution in [0.15, 0.2) is 35.7 Å². The zero-order valence-electron chi connectivity index (χ0n) is 10.9. The first-order valence-electron chi connectivity index (χ1n) is 5.98. The summed E-state index contributed by atoms with van der Waals surface area (Å²) in [6, 6.07) is 10.8. The van der Waals surface area contributed by atoms with Crippen LogP contribution in [0.3, 0.4) is 0 Å². The molecule has 0 amide bonds. The normalized spacial score (nSPS) is 13.6. The summed E-state index contributed by atoms with van der Waals surface area (Å²) in [4.78, 5) is 0. The van der Waals surface area contributed by atoms with Crippen LogP contribution in [0.5, 0.6) is 0 Å². The van der Waals surface area contributed by atoms with E-state index in [4.69, 9.17) is 5.73 Å². The van der Waals surface area contributed by atoms with Crippen LogP contribution >= 0.6 is 33.9 Å². The number of hydrogen-bond donors (Lipinski definition) is 1. The molecule has 1 unspecified atom stereocenters. The van der Waals surface area contributed by atoms with Crippen molar-refractivity contribution in [2.24, 2.45) is 5.73 Å². The van der Waals surface area contributed by atoms with Crippen LogP contribution in [0.25, 0.3) is 0 Å². The molecule has 1 aromatic heterocycles. The second-order valence-corrected chi connectivity index (χ2v) is 8.34. The number of halogens is 1. The number of rotatable bonds is 2. The van der Waals surface area contributed by atoms with Crippen LogP contribution in [-0.2, 0) is 5.41 Å². The fourth-order valence-electron chi connectivity index (χ4n) is 1.87. The second kappa shape index (κ2) is 5.31. The number of nitrogens with two attached hydrogens (primary N) is 1. The molecule has 1 atom stereocenters. The van der Waals surface area contributed by atoms with Crippen LogP contribution in [0.2, 0.25) is 0 Å².